The molecule has 28 heavy (non-hydrogen) atoms. The van der Waals surface area contributed by atoms with Crippen molar-refractivity contribution in [2.45, 2.75) is 18.6 Å². The van der Waals surface area contributed by atoms with Crippen LogP contribution < -0.4 is 10.1 Å². The lowest BCUT2D eigenvalue weighted by atomic mass is 10.2. The number of nitrogens with one attached hydrogen (secondary N) is 1. The number of aromatic nitrogens is 3. The van der Waals surface area contributed by atoms with Crippen molar-refractivity contribution in [3.8, 4) is 17.1 Å². The maximum Gasteiger partial charge on any atom is 0.234 e. The third-order valence-corrected chi connectivity index (χ3v) is 5.26. The fraction of sp³-hybridized carbons (Fsp3) is 0.211. The Balaban J connectivity index is 1.73. The summed E-state index contributed by atoms with van der Waals surface area (Å²) in [5.74, 6) is 1.41. The molecule has 3 aromatic rings. The molecule has 2 aromatic carbocycles. The molecule has 0 spiro atoms. The first kappa shape index (κ1) is 20.5. The summed E-state index contributed by atoms with van der Waals surface area (Å²) in [4.78, 5) is 12.3. The summed E-state index contributed by atoms with van der Waals surface area (Å²) in [6.45, 7) is 2.66. The predicted octanol–water partition coefficient (Wildman–Crippen LogP) is 5.01. The van der Waals surface area contributed by atoms with Gasteiger partial charge in [0.05, 0.1) is 18.4 Å². The van der Waals surface area contributed by atoms with Gasteiger partial charge in [-0.1, -0.05) is 47.1 Å². The molecule has 6 nitrogen and oxygen atoms in total. The minimum Gasteiger partial charge on any atom is -0.496 e. The Hall–Kier alpha value is -2.22. The van der Waals surface area contributed by atoms with E-state index in [4.69, 9.17) is 27.9 Å². The standard InChI is InChI=1S/C19H18Cl2N4O2S/c1-3-25-18(15-6-4-5-7-16(15)27-2)23-24-19(25)28-11-17(26)22-14-9-12(20)8-13(21)10-14/h4-10H,3,11H2,1-2H3,(H,22,26). The summed E-state index contributed by atoms with van der Waals surface area (Å²) >= 11 is 13.2. The number of para-hydroxylation sites is 1. The Labute approximate surface area is 177 Å². The van der Waals surface area contributed by atoms with E-state index >= 15 is 0 Å². The second-order valence-electron chi connectivity index (χ2n) is 5.75. The fourth-order valence-corrected chi connectivity index (χ4v) is 3.99. The summed E-state index contributed by atoms with van der Waals surface area (Å²) in [7, 11) is 1.62. The Morgan fingerprint density at radius 3 is 2.57 bits per heavy atom. The van der Waals surface area contributed by atoms with E-state index in [1.54, 1.807) is 25.3 Å². The Kier molecular flexibility index (Phi) is 6.83. The molecule has 1 N–H and O–H groups in total. The number of methoxy groups -OCH3 is 1. The summed E-state index contributed by atoms with van der Waals surface area (Å²) in [6, 6.07) is 12.5. The van der Waals surface area contributed by atoms with Crippen LogP contribution in [0.5, 0.6) is 5.75 Å². The molecule has 1 aromatic heterocycles. The summed E-state index contributed by atoms with van der Waals surface area (Å²) in [6.07, 6.45) is 0. The lowest BCUT2D eigenvalue weighted by Crippen LogP contribution is -2.14. The zero-order chi connectivity index (χ0) is 20.1. The quantitative estimate of drug-likeness (QED) is 0.527. The van der Waals surface area contributed by atoms with Crippen LogP contribution in [0.1, 0.15) is 6.92 Å². The monoisotopic (exact) mass is 436 g/mol. The van der Waals surface area contributed by atoms with Gasteiger partial charge >= 0.3 is 0 Å². The molecule has 1 heterocycles. The largest absolute Gasteiger partial charge is 0.496 e. The number of anilines is 1. The van der Waals surface area contributed by atoms with Gasteiger partial charge < -0.3 is 14.6 Å². The van der Waals surface area contributed by atoms with Crippen molar-refractivity contribution in [2.24, 2.45) is 0 Å². The van der Waals surface area contributed by atoms with E-state index in [-0.39, 0.29) is 11.7 Å². The zero-order valence-corrected chi connectivity index (χ0v) is 17.6. The molecule has 0 fully saturated rings. The third kappa shape index (κ3) is 4.79. The average molecular weight is 437 g/mol. The van der Waals surface area contributed by atoms with Crippen LogP contribution in [0.25, 0.3) is 11.4 Å². The smallest absolute Gasteiger partial charge is 0.234 e. The first-order chi connectivity index (χ1) is 13.5. The van der Waals surface area contributed by atoms with Crippen molar-refractivity contribution in [1.82, 2.24) is 14.8 Å². The number of hydrogen-bond acceptors (Lipinski definition) is 5. The van der Waals surface area contributed by atoms with Gasteiger partial charge in [-0.2, -0.15) is 0 Å². The van der Waals surface area contributed by atoms with E-state index < -0.39 is 0 Å². The Morgan fingerprint density at radius 1 is 1.18 bits per heavy atom. The van der Waals surface area contributed by atoms with Crippen LogP contribution in [0.2, 0.25) is 10.0 Å². The molecule has 0 saturated carbocycles. The molecule has 0 radical (unpaired) electrons. The molecule has 0 aliphatic carbocycles. The van der Waals surface area contributed by atoms with Crippen molar-refractivity contribution < 1.29 is 9.53 Å². The molecule has 0 saturated heterocycles. The normalized spacial score (nSPS) is 10.7. The van der Waals surface area contributed by atoms with Gasteiger partial charge in [-0.25, -0.2) is 0 Å². The van der Waals surface area contributed by atoms with Gasteiger partial charge in [-0.05, 0) is 37.3 Å². The van der Waals surface area contributed by atoms with Crippen LogP contribution in [-0.4, -0.2) is 33.5 Å². The van der Waals surface area contributed by atoms with Gasteiger partial charge in [-0.3, -0.25) is 4.79 Å². The minimum atomic E-state index is -0.187. The molecular weight excluding hydrogens is 419 g/mol. The van der Waals surface area contributed by atoms with Gasteiger partial charge in [0.25, 0.3) is 0 Å². The van der Waals surface area contributed by atoms with E-state index in [1.165, 1.54) is 11.8 Å². The number of nitrogens with zero attached hydrogens (tertiary/aromatic N) is 3. The first-order valence-corrected chi connectivity index (χ1v) is 10.2. The highest BCUT2D eigenvalue weighted by molar-refractivity contribution is 7.99. The Bertz CT molecular complexity index is 974. The number of rotatable bonds is 7. The molecule has 3 rings (SSSR count). The van der Waals surface area contributed by atoms with Crippen molar-refractivity contribution >= 4 is 46.6 Å². The van der Waals surface area contributed by atoms with Crippen LogP contribution in [-0.2, 0) is 11.3 Å². The van der Waals surface area contributed by atoms with Crippen molar-refractivity contribution in [1.29, 1.82) is 0 Å². The number of thioether (sulfide) groups is 1. The topological polar surface area (TPSA) is 69.0 Å². The summed E-state index contributed by atoms with van der Waals surface area (Å²) in [5.41, 5.74) is 1.40. The zero-order valence-electron chi connectivity index (χ0n) is 15.3. The highest BCUT2D eigenvalue weighted by Crippen LogP contribution is 2.31. The van der Waals surface area contributed by atoms with Gasteiger partial charge in [0, 0.05) is 22.3 Å². The average Bonchev–Trinajstić information content (AvgIpc) is 3.08. The number of amides is 1. The SMILES string of the molecule is CCn1c(SCC(=O)Nc2cc(Cl)cc(Cl)c2)nnc1-c1ccccc1OC. The van der Waals surface area contributed by atoms with Crippen LogP contribution >= 0.6 is 35.0 Å². The Morgan fingerprint density at radius 2 is 1.89 bits per heavy atom. The van der Waals surface area contributed by atoms with E-state index in [0.717, 1.165) is 11.3 Å². The molecule has 0 aliphatic heterocycles. The number of carbonyl (C=O) groups excluding carboxylic acids is 1. The van der Waals surface area contributed by atoms with E-state index in [0.29, 0.717) is 33.3 Å². The van der Waals surface area contributed by atoms with Crippen LogP contribution in [0.15, 0.2) is 47.6 Å². The molecule has 1 amide bonds. The van der Waals surface area contributed by atoms with Crippen LogP contribution in [0.4, 0.5) is 5.69 Å². The summed E-state index contributed by atoms with van der Waals surface area (Å²) in [5, 5.41) is 12.9. The molecule has 146 valence electrons. The molecule has 0 aliphatic rings. The van der Waals surface area contributed by atoms with E-state index in [9.17, 15) is 4.79 Å². The van der Waals surface area contributed by atoms with Crippen LogP contribution in [0, 0.1) is 0 Å². The number of ether oxygens (including phenoxy) is 1. The minimum absolute atomic E-state index is 0.175. The predicted molar refractivity (Wildman–Crippen MR) is 113 cm³/mol. The lowest BCUT2D eigenvalue weighted by Gasteiger charge is -2.10. The van der Waals surface area contributed by atoms with Crippen molar-refractivity contribution in [2.75, 3.05) is 18.2 Å². The number of carbonyl (C=O) groups is 1. The lowest BCUT2D eigenvalue weighted by molar-refractivity contribution is -0.113. The van der Waals surface area contributed by atoms with Crippen molar-refractivity contribution in [3.63, 3.8) is 0 Å². The van der Waals surface area contributed by atoms with Gasteiger partial charge in [0.15, 0.2) is 11.0 Å². The molecule has 0 atom stereocenters. The van der Waals surface area contributed by atoms with Gasteiger partial charge in [0.2, 0.25) is 5.91 Å². The van der Waals surface area contributed by atoms with E-state index in [1.807, 2.05) is 35.8 Å². The number of hydrogen-bond donors (Lipinski definition) is 1. The second-order valence-corrected chi connectivity index (χ2v) is 7.56. The molecular formula is C19H18Cl2N4O2S. The second kappa shape index (κ2) is 9.32. The molecule has 0 unspecified atom stereocenters. The van der Waals surface area contributed by atoms with E-state index in [2.05, 4.69) is 15.5 Å². The third-order valence-electron chi connectivity index (χ3n) is 3.86. The number of halogens is 2. The highest BCUT2D eigenvalue weighted by atomic mass is 35.5. The first-order valence-electron chi connectivity index (χ1n) is 8.47. The fourth-order valence-electron chi connectivity index (χ4n) is 2.66. The van der Waals surface area contributed by atoms with Crippen molar-refractivity contribution in [3.05, 3.63) is 52.5 Å². The van der Waals surface area contributed by atoms with Crippen LogP contribution in [0.3, 0.4) is 0 Å². The highest BCUT2D eigenvalue weighted by Gasteiger charge is 2.17. The number of benzene rings is 2. The maximum absolute atomic E-state index is 12.3. The molecule has 9 heteroatoms. The van der Waals surface area contributed by atoms with Gasteiger partial charge in [0.1, 0.15) is 5.75 Å². The summed E-state index contributed by atoms with van der Waals surface area (Å²) < 4.78 is 7.37. The van der Waals surface area contributed by atoms with Gasteiger partial charge in [-0.15, -0.1) is 10.2 Å². The maximum atomic E-state index is 12.3. The molecule has 0 bridgehead atoms.